The Kier molecular flexibility index (Phi) is 4.51. The predicted octanol–water partition coefficient (Wildman–Crippen LogP) is 2.89. The number of ether oxygens (including phenoxy) is 2. The number of benzene rings is 2. The van der Waals surface area contributed by atoms with Crippen molar-refractivity contribution >= 4 is 17.6 Å². The first-order valence-electron chi connectivity index (χ1n) is 7.82. The third-order valence-corrected chi connectivity index (χ3v) is 3.89. The number of anilines is 1. The van der Waals surface area contributed by atoms with Crippen LogP contribution in [0.1, 0.15) is 21.5 Å². The van der Waals surface area contributed by atoms with Crippen LogP contribution in [0.25, 0.3) is 0 Å². The van der Waals surface area contributed by atoms with Crippen LogP contribution in [0, 0.1) is 13.8 Å². The Labute approximate surface area is 140 Å². The maximum absolute atomic E-state index is 12.5. The molecule has 1 heterocycles. The average molecular weight is 325 g/mol. The fraction of sp³-hybridized carbons (Fsp3) is 0.263. The van der Waals surface area contributed by atoms with Crippen LogP contribution in [0.15, 0.2) is 42.5 Å². The van der Waals surface area contributed by atoms with Gasteiger partial charge in [0.05, 0.1) is 17.8 Å². The standard InChI is InChI=1S/C19H19NO4/c1-13-3-6-15(7-4-13)19(22)24-12-18(21)20-9-10-23-17-8-5-14(2)11-16(17)20/h3-8,11H,9-10,12H2,1-2H3. The van der Waals surface area contributed by atoms with E-state index in [0.717, 1.165) is 16.8 Å². The highest BCUT2D eigenvalue weighted by atomic mass is 16.5. The fourth-order valence-corrected chi connectivity index (χ4v) is 2.56. The predicted molar refractivity (Wildman–Crippen MR) is 90.5 cm³/mol. The molecular formula is C19H19NO4. The number of hydrogen-bond donors (Lipinski definition) is 0. The number of rotatable bonds is 3. The second kappa shape index (κ2) is 6.74. The smallest absolute Gasteiger partial charge is 0.338 e. The third kappa shape index (κ3) is 3.40. The summed E-state index contributed by atoms with van der Waals surface area (Å²) in [4.78, 5) is 26.1. The van der Waals surface area contributed by atoms with E-state index in [4.69, 9.17) is 9.47 Å². The van der Waals surface area contributed by atoms with E-state index in [1.54, 1.807) is 17.0 Å². The Morgan fingerprint density at radius 1 is 1.08 bits per heavy atom. The van der Waals surface area contributed by atoms with Crippen molar-refractivity contribution in [2.24, 2.45) is 0 Å². The highest BCUT2D eigenvalue weighted by Gasteiger charge is 2.24. The maximum Gasteiger partial charge on any atom is 0.338 e. The first kappa shape index (κ1) is 16.1. The van der Waals surface area contributed by atoms with Crippen LogP contribution in [-0.4, -0.2) is 31.6 Å². The topological polar surface area (TPSA) is 55.8 Å². The van der Waals surface area contributed by atoms with Crippen molar-refractivity contribution in [1.82, 2.24) is 0 Å². The van der Waals surface area contributed by atoms with Gasteiger partial charge >= 0.3 is 5.97 Å². The third-order valence-electron chi connectivity index (χ3n) is 3.89. The molecule has 0 radical (unpaired) electrons. The Morgan fingerprint density at radius 3 is 2.54 bits per heavy atom. The maximum atomic E-state index is 12.5. The Hall–Kier alpha value is -2.82. The number of amides is 1. The number of esters is 1. The molecule has 1 amide bonds. The van der Waals surface area contributed by atoms with Gasteiger partial charge in [-0.2, -0.15) is 0 Å². The van der Waals surface area contributed by atoms with E-state index in [2.05, 4.69) is 0 Å². The summed E-state index contributed by atoms with van der Waals surface area (Å²) in [7, 11) is 0. The van der Waals surface area contributed by atoms with Gasteiger partial charge in [0.1, 0.15) is 12.4 Å². The van der Waals surface area contributed by atoms with Gasteiger partial charge in [-0.1, -0.05) is 23.8 Å². The molecule has 24 heavy (non-hydrogen) atoms. The molecule has 1 aliphatic heterocycles. The second-order valence-corrected chi connectivity index (χ2v) is 5.81. The van der Waals surface area contributed by atoms with Crippen molar-refractivity contribution < 1.29 is 19.1 Å². The van der Waals surface area contributed by atoms with Gasteiger partial charge in [0.25, 0.3) is 5.91 Å². The lowest BCUT2D eigenvalue weighted by atomic mass is 10.1. The lowest BCUT2D eigenvalue weighted by molar-refractivity contribution is -0.121. The summed E-state index contributed by atoms with van der Waals surface area (Å²) >= 11 is 0. The van der Waals surface area contributed by atoms with Gasteiger partial charge in [-0.15, -0.1) is 0 Å². The minimum atomic E-state index is -0.499. The van der Waals surface area contributed by atoms with Gasteiger partial charge in [-0.3, -0.25) is 4.79 Å². The zero-order chi connectivity index (χ0) is 17.1. The molecule has 0 bridgehead atoms. The molecule has 0 aromatic heterocycles. The van der Waals surface area contributed by atoms with E-state index >= 15 is 0 Å². The van der Waals surface area contributed by atoms with Crippen LogP contribution in [0.4, 0.5) is 5.69 Å². The van der Waals surface area contributed by atoms with Crippen LogP contribution in [0.2, 0.25) is 0 Å². The molecule has 0 saturated carbocycles. The summed E-state index contributed by atoms with van der Waals surface area (Å²) in [6, 6.07) is 12.7. The molecule has 5 heteroatoms. The van der Waals surface area contributed by atoms with Crippen LogP contribution in [0.5, 0.6) is 5.75 Å². The van der Waals surface area contributed by atoms with Gasteiger partial charge in [-0.25, -0.2) is 4.79 Å². The normalized spacial score (nSPS) is 13.0. The van der Waals surface area contributed by atoms with Gasteiger partial charge in [0.15, 0.2) is 6.61 Å². The molecule has 5 nitrogen and oxygen atoms in total. The van der Waals surface area contributed by atoms with Crippen LogP contribution < -0.4 is 9.64 Å². The summed E-state index contributed by atoms with van der Waals surface area (Å²) < 4.78 is 10.7. The highest BCUT2D eigenvalue weighted by molar-refractivity contribution is 5.98. The van der Waals surface area contributed by atoms with E-state index in [9.17, 15) is 9.59 Å². The summed E-state index contributed by atoms with van der Waals surface area (Å²) in [6.07, 6.45) is 0. The monoisotopic (exact) mass is 325 g/mol. The molecule has 2 aromatic rings. The van der Waals surface area contributed by atoms with Crippen molar-refractivity contribution in [1.29, 1.82) is 0 Å². The molecule has 0 saturated heterocycles. The van der Waals surface area contributed by atoms with Gasteiger partial charge in [0, 0.05) is 0 Å². The molecule has 2 aromatic carbocycles. The van der Waals surface area contributed by atoms with E-state index in [0.29, 0.717) is 24.5 Å². The van der Waals surface area contributed by atoms with Crippen LogP contribution in [-0.2, 0) is 9.53 Å². The minimum Gasteiger partial charge on any atom is -0.490 e. The largest absolute Gasteiger partial charge is 0.490 e. The highest BCUT2D eigenvalue weighted by Crippen LogP contribution is 2.32. The van der Waals surface area contributed by atoms with Crippen molar-refractivity contribution in [3.8, 4) is 5.75 Å². The van der Waals surface area contributed by atoms with Crippen molar-refractivity contribution in [3.05, 3.63) is 59.2 Å². The van der Waals surface area contributed by atoms with Gasteiger partial charge in [0.2, 0.25) is 0 Å². The second-order valence-electron chi connectivity index (χ2n) is 5.81. The van der Waals surface area contributed by atoms with Crippen LogP contribution in [0.3, 0.4) is 0 Å². The van der Waals surface area contributed by atoms with E-state index in [-0.39, 0.29) is 12.5 Å². The number of aryl methyl sites for hydroxylation is 2. The molecule has 0 atom stereocenters. The molecule has 0 fully saturated rings. The molecule has 0 aliphatic carbocycles. The Morgan fingerprint density at radius 2 is 1.79 bits per heavy atom. The quantitative estimate of drug-likeness (QED) is 0.814. The molecule has 1 aliphatic rings. The van der Waals surface area contributed by atoms with E-state index < -0.39 is 5.97 Å². The summed E-state index contributed by atoms with van der Waals surface area (Å²) in [5.41, 5.74) is 3.25. The SMILES string of the molecule is Cc1ccc(C(=O)OCC(=O)N2CCOc3ccc(C)cc32)cc1. The van der Waals surface area contributed by atoms with Crippen LogP contribution >= 0.6 is 0 Å². The number of carbonyl (C=O) groups excluding carboxylic acids is 2. The van der Waals surface area contributed by atoms with E-state index in [1.165, 1.54) is 0 Å². The minimum absolute atomic E-state index is 0.259. The lowest BCUT2D eigenvalue weighted by Crippen LogP contribution is -2.40. The molecule has 3 rings (SSSR count). The Balaban J connectivity index is 1.67. The lowest BCUT2D eigenvalue weighted by Gasteiger charge is -2.29. The fourth-order valence-electron chi connectivity index (χ4n) is 2.56. The molecule has 124 valence electrons. The van der Waals surface area contributed by atoms with Gasteiger partial charge in [-0.05, 0) is 43.7 Å². The molecular weight excluding hydrogens is 306 g/mol. The first-order valence-corrected chi connectivity index (χ1v) is 7.82. The molecule has 0 spiro atoms. The average Bonchev–Trinajstić information content (AvgIpc) is 2.59. The number of nitrogens with zero attached hydrogens (tertiary/aromatic N) is 1. The number of carbonyl (C=O) groups is 2. The number of fused-ring (bicyclic) bond motifs is 1. The zero-order valence-electron chi connectivity index (χ0n) is 13.7. The summed E-state index contributed by atoms with van der Waals surface area (Å²) in [5, 5.41) is 0. The first-order chi connectivity index (χ1) is 11.5. The number of hydrogen-bond acceptors (Lipinski definition) is 4. The van der Waals surface area contributed by atoms with Gasteiger partial charge < -0.3 is 14.4 Å². The van der Waals surface area contributed by atoms with Crippen molar-refractivity contribution in [2.45, 2.75) is 13.8 Å². The zero-order valence-corrected chi connectivity index (χ0v) is 13.7. The van der Waals surface area contributed by atoms with E-state index in [1.807, 2.05) is 44.2 Å². The molecule has 0 N–H and O–H groups in total. The summed E-state index contributed by atoms with van der Waals surface area (Å²) in [6.45, 7) is 4.47. The Bertz CT molecular complexity index is 767. The summed E-state index contributed by atoms with van der Waals surface area (Å²) in [5.74, 6) is -0.0863. The van der Waals surface area contributed by atoms with Crippen molar-refractivity contribution in [3.63, 3.8) is 0 Å². The van der Waals surface area contributed by atoms with Crippen molar-refractivity contribution in [2.75, 3.05) is 24.7 Å². The molecule has 0 unspecified atom stereocenters.